The van der Waals surface area contributed by atoms with Crippen LogP contribution in [0.2, 0.25) is 0 Å². The molecule has 1 atom stereocenters. The van der Waals surface area contributed by atoms with Crippen LogP contribution >= 0.6 is 0 Å². The predicted octanol–water partition coefficient (Wildman–Crippen LogP) is 3.17. The van der Waals surface area contributed by atoms with E-state index >= 15 is 0 Å². The van der Waals surface area contributed by atoms with E-state index < -0.39 is 0 Å². The molecule has 166 valence electrons. The van der Waals surface area contributed by atoms with Gasteiger partial charge in [-0.05, 0) is 74.0 Å². The molecule has 4 rings (SSSR count). The van der Waals surface area contributed by atoms with Crippen molar-refractivity contribution in [3.63, 3.8) is 0 Å². The van der Waals surface area contributed by atoms with Crippen molar-refractivity contribution in [2.75, 3.05) is 32.0 Å². The summed E-state index contributed by atoms with van der Waals surface area (Å²) in [4.78, 5) is 26.8. The van der Waals surface area contributed by atoms with E-state index in [1.165, 1.54) is 22.9 Å². The van der Waals surface area contributed by atoms with Crippen molar-refractivity contribution in [2.45, 2.75) is 13.0 Å². The molecular weight excluding hydrogens is 409 g/mol. The van der Waals surface area contributed by atoms with Gasteiger partial charge in [0.2, 0.25) is 0 Å². The van der Waals surface area contributed by atoms with E-state index in [9.17, 15) is 14.0 Å². The summed E-state index contributed by atoms with van der Waals surface area (Å²) in [5.41, 5.74) is 2.53. The van der Waals surface area contributed by atoms with E-state index in [1.54, 1.807) is 24.3 Å². The molecule has 8 heteroatoms. The third-order valence-electron chi connectivity index (χ3n) is 5.56. The van der Waals surface area contributed by atoms with Crippen molar-refractivity contribution in [1.29, 1.82) is 0 Å². The molecule has 0 saturated carbocycles. The molecule has 1 aromatic heterocycles. The summed E-state index contributed by atoms with van der Waals surface area (Å²) in [7, 11) is 2.08. The van der Waals surface area contributed by atoms with E-state index in [2.05, 4.69) is 27.7 Å². The highest BCUT2D eigenvalue weighted by Gasteiger charge is 2.19. The van der Waals surface area contributed by atoms with Gasteiger partial charge in [-0.15, -0.1) is 0 Å². The summed E-state index contributed by atoms with van der Waals surface area (Å²) in [6.07, 6.45) is 1.09. The predicted molar refractivity (Wildman–Crippen MR) is 122 cm³/mol. The van der Waals surface area contributed by atoms with Crippen LogP contribution < -0.4 is 16.2 Å². The van der Waals surface area contributed by atoms with Crippen LogP contribution in [0.3, 0.4) is 0 Å². The lowest BCUT2D eigenvalue weighted by atomic mass is 10.1. The van der Waals surface area contributed by atoms with Crippen LogP contribution in [-0.2, 0) is 6.54 Å². The van der Waals surface area contributed by atoms with Crippen LogP contribution in [0.5, 0.6) is 0 Å². The number of likely N-dealkylation sites (tertiary alicyclic amines) is 1. The zero-order valence-electron chi connectivity index (χ0n) is 17.9. The molecule has 2 heterocycles. The summed E-state index contributed by atoms with van der Waals surface area (Å²) in [5.74, 6) is 0.148. The average molecular weight is 436 g/mol. The molecular formula is C24H26FN5O2. The van der Waals surface area contributed by atoms with Gasteiger partial charge in [0.05, 0.1) is 12.2 Å². The van der Waals surface area contributed by atoms with Gasteiger partial charge in [-0.1, -0.05) is 12.1 Å². The van der Waals surface area contributed by atoms with Gasteiger partial charge < -0.3 is 15.5 Å². The number of hydrogen-bond acceptors (Lipinski definition) is 4. The maximum atomic E-state index is 13.2. The van der Waals surface area contributed by atoms with Gasteiger partial charge in [-0.2, -0.15) is 5.10 Å². The fourth-order valence-electron chi connectivity index (χ4n) is 3.86. The Balaban J connectivity index is 1.41. The van der Waals surface area contributed by atoms with Crippen molar-refractivity contribution in [3.05, 3.63) is 82.4 Å². The van der Waals surface area contributed by atoms with Crippen molar-refractivity contribution >= 4 is 11.7 Å². The van der Waals surface area contributed by atoms with Crippen LogP contribution in [0.15, 0.2) is 65.5 Å². The fraction of sp³-hybridized carbons (Fsp3) is 0.292. The number of urea groups is 1. The first-order valence-corrected chi connectivity index (χ1v) is 10.6. The van der Waals surface area contributed by atoms with Gasteiger partial charge in [-0.3, -0.25) is 4.79 Å². The average Bonchev–Trinajstić information content (AvgIpc) is 3.20. The molecule has 0 spiro atoms. The summed E-state index contributed by atoms with van der Waals surface area (Å²) in [6.45, 7) is 2.95. The van der Waals surface area contributed by atoms with E-state index in [1.807, 2.05) is 18.2 Å². The number of halogens is 1. The van der Waals surface area contributed by atoms with E-state index in [0.29, 0.717) is 23.8 Å². The monoisotopic (exact) mass is 435 g/mol. The SMILES string of the molecule is CN1CCC(CNC(=O)Nc2cccc(Cn3nc(-c4ccc(F)cc4)ccc3=O)c2)C1. The summed E-state index contributed by atoms with van der Waals surface area (Å²) < 4.78 is 14.5. The molecule has 1 aliphatic rings. The summed E-state index contributed by atoms with van der Waals surface area (Å²) in [5, 5.41) is 10.2. The van der Waals surface area contributed by atoms with Gasteiger partial charge >= 0.3 is 6.03 Å². The van der Waals surface area contributed by atoms with Gasteiger partial charge in [0.15, 0.2) is 0 Å². The highest BCUT2D eigenvalue weighted by atomic mass is 19.1. The second kappa shape index (κ2) is 9.74. The first kappa shape index (κ1) is 21.7. The highest BCUT2D eigenvalue weighted by molar-refractivity contribution is 5.89. The molecule has 2 aromatic carbocycles. The number of carbonyl (C=O) groups is 1. The van der Waals surface area contributed by atoms with Crippen molar-refractivity contribution in [1.82, 2.24) is 20.0 Å². The van der Waals surface area contributed by atoms with Crippen LogP contribution in [0.25, 0.3) is 11.3 Å². The Morgan fingerprint density at radius 3 is 2.72 bits per heavy atom. The van der Waals surface area contributed by atoms with Crippen molar-refractivity contribution < 1.29 is 9.18 Å². The minimum Gasteiger partial charge on any atom is -0.338 e. The number of benzene rings is 2. The summed E-state index contributed by atoms with van der Waals surface area (Å²) in [6, 6.07) is 16.1. The minimum absolute atomic E-state index is 0.242. The number of anilines is 1. The number of aromatic nitrogens is 2. The van der Waals surface area contributed by atoms with Crippen molar-refractivity contribution in [3.8, 4) is 11.3 Å². The molecule has 1 fully saturated rings. The summed E-state index contributed by atoms with van der Waals surface area (Å²) >= 11 is 0. The molecule has 7 nitrogen and oxygen atoms in total. The number of carbonyl (C=O) groups excluding carboxylic acids is 1. The fourth-order valence-corrected chi connectivity index (χ4v) is 3.86. The molecule has 2 N–H and O–H groups in total. The molecule has 3 aromatic rings. The van der Waals surface area contributed by atoms with E-state index in [-0.39, 0.29) is 24.0 Å². The van der Waals surface area contributed by atoms with Gasteiger partial charge in [-0.25, -0.2) is 13.9 Å². The number of nitrogens with zero attached hydrogens (tertiary/aromatic N) is 3. The smallest absolute Gasteiger partial charge is 0.319 e. The van der Waals surface area contributed by atoms with Gasteiger partial charge in [0.1, 0.15) is 5.82 Å². The van der Waals surface area contributed by atoms with Crippen LogP contribution in [0.4, 0.5) is 14.9 Å². The van der Waals surface area contributed by atoms with E-state index in [4.69, 9.17) is 0 Å². The number of nitrogens with one attached hydrogen (secondary N) is 2. The Hall–Kier alpha value is -3.52. The molecule has 2 amide bonds. The molecule has 32 heavy (non-hydrogen) atoms. The zero-order chi connectivity index (χ0) is 22.5. The lowest BCUT2D eigenvalue weighted by Crippen LogP contribution is -2.33. The Morgan fingerprint density at radius 1 is 1.16 bits per heavy atom. The van der Waals surface area contributed by atoms with Gasteiger partial charge in [0.25, 0.3) is 5.56 Å². The molecule has 0 aliphatic carbocycles. The van der Waals surface area contributed by atoms with Crippen molar-refractivity contribution in [2.24, 2.45) is 5.92 Å². The molecule has 1 unspecified atom stereocenters. The van der Waals surface area contributed by atoms with E-state index in [0.717, 1.165) is 30.6 Å². The second-order valence-electron chi connectivity index (χ2n) is 8.17. The Kier molecular flexibility index (Phi) is 6.61. The van der Waals surface area contributed by atoms with Crippen LogP contribution in [-0.4, -0.2) is 47.4 Å². The first-order chi connectivity index (χ1) is 15.5. The second-order valence-corrected chi connectivity index (χ2v) is 8.17. The molecule has 0 bridgehead atoms. The maximum Gasteiger partial charge on any atom is 0.319 e. The quantitative estimate of drug-likeness (QED) is 0.623. The largest absolute Gasteiger partial charge is 0.338 e. The zero-order valence-corrected chi connectivity index (χ0v) is 17.9. The Labute approximate surface area is 185 Å². The maximum absolute atomic E-state index is 13.2. The molecule has 0 radical (unpaired) electrons. The van der Waals surface area contributed by atoms with Crippen LogP contribution in [0, 0.1) is 11.7 Å². The lowest BCUT2D eigenvalue weighted by molar-refractivity contribution is 0.250. The lowest BCUT2D eigenvalue weighted by Gasteiger charge is -2.13. The third kappa shape index (κ3) is 5.59. The van der Waals surface area contributed by atoms with Gasteiger partial charge in [0, 0.05) is 30.4 Å². The number of hydrogen-bond donors (Lipinski definition) is 2. The molecule has 1 aliphatic heterocycles. The molecule has 1 saturated heterocycles. The Morgan fingerprint density at radius 2 is 1.97 bits per heavy atom. The van der Waals surface area contributed by atoms with Crippen LogP contribution in [0.1, 0.15) is 12.0 Å². The normalized spacial score (nSPS) is 16.1. The standard InChI is InChI=1S/C24H26FN5O2/c1-29-12-11-18(15-29)14-26-24(32)27-21-4-2-3-17(13-21)16-30-23(31)10-9-22(28-30)19-5-7-20(25)8-6-19/h2-10,13,18H,11-12,14-16H2,1H3,(H2,26,27,32). The topological polar surface area (TPSA) is 79.3 Å². The first-order valence-electron chi connectivity index (χ1n) is 10.6. The number of rotatable bonds is 6. The third-order valence-corrected chi connectivity index (χ3v) is 5.56. The highest BCUT2D eigenvalue weighted by Crippen LogP contribution is 2.17. The minimum atomic E-state index is -0.328. The Bertz CT molecular complexity index is 1150. The number of amides is 2.